The van der Waals surface area contributed by atoms with Crippen LogP contribution in [0.1, 0.15) is 23.9 Å². The zero-order valence-corrected chi connectivity index (χ0v) is 7.93. The van der Waals surface area contributed by atoms with Crippen molar-refractivity contribution in [2.45, 2.75) is 18.9 Å². The molecule has 5 nitrogen and oxygen atoms in total. The molecule has 14 heavy (non-hydrogen) atoms. The third kappa shape index (κ3) is 1.39. The number of likely N-dealkylation sites (tertiary alicyclic amines) is 1. The molecule has 1 amide bonds. The van der Waals surface area contributed by atoms with Gasteiger partial charge in [0.1, 0.15) is 0 Å². The Morgan fingerprint density at radius 1 is 1.79 bits per heavy atom. The predicted molar refractivity (Wildman–Crippen MR) is 47.6 cm³/mol. The highest BCUT2D eigenvalue weighted by Gasteiger charge is 2.42. The first kappa shape index (κ1) is 9.21. The fraction of sp³-hybridized carbons (Fsp3) is 0.556. The Kier molecular flexibility index (Phi) is 2.03. The minimum absolute atomic E-state index is 0.208. The number of rotatable bonds is 2. The second-order valence-electron chi connectivity index (χ2n) is 3.62. The molecule has 1 fully saturated rings. The van der Waals surface area contributed by atoms with Crippen LogP contribution in [0, 0.1) is 0 Å². The minimum Gasteiger partial charge on any atom is -0.386 e. The van der Waals surface area contributed by atoms with Gasteiger partial charge in [-0.05, 0) is 6.42 Å². The van der Waals surface area contributed by atoms with E-state index in [9.17, 15) is 9.90 Å². The maximum absolute atomic E-state index is 11.6. The Hall–Kier alpha value is -1.36. The highest BCUT2D eigenvalue weighted by atomic mass is 16.5. The number of nitrogens with zero attached hydrogens (tertiary/aromatic N) is 2. The summed E-state index contributed by atoms with van der Waals surface area (Å²) in [6, 6.07) is 1.52. The summed E-state index contributed by atoms with van der Waals surface area (Å²) in [5.41, 5.74) is -0.699. The normalized spacial score (nSPS) is 19.1. The van der Waals surface area contributed by atoms with Gasteiger partial charge in [0.05, 0.1) is 24.9 Å². The summed E-state index contributed by atoms with van der Waals surface area (Å²) in [5, 5.41) is 13.2. The molecule has 0 aliphatic carbocycles. The van der Waals surface area contributed by atoms with Gasteiger partial charge in [0.2, 0.25) is 5.76 Å². The summed E-state index contributed by atoms with van der Waals surface area (Å²) in [6.07, 6.45) is 2.09. The van der Waals surface area contributed by atoms with Crippen LogP contribution in [0.2, 0.25) is 0 Å². The number of hydrogen-bond acceptors (Lipinski definition) is 4. The highest BCUT2D eigenvalue weighted by Crippen LogP contribution is 2.25. The van der Waals surface area contributed by atoms with Gasteiger partial charge in [-0.3, -0.25) is 4.79 Å². The van der Waals surface area contributed by atoms with Gasteiger partial charge in [0.25, 0.3) is 5.91 Å². The van der Waals surface area contributed by atoms with Crippen LogP contribution in [0.15, 0.2) is 16.8 Å². The lowest BCUT2D eigenvalue weighted by molar-refractivity contribution is -0.0836. The predicted octanol–water partition coefficient (Wildman–Crippen LogP) is 0.272. The molecule has 1 aromatic rings. The summed E-state index contributed by atoms with van der Waals surface area (Å²) in [4.78, 5) is 13.1. The van der Waals surface area contributed by atoms with Gasteiger partial charge in [0.15, 0.2) is 0 Å². The van der Waals surface area contributed by atoms with Crippen LogP contribution in [0.25, 0.3) is 0 Å². The number of carbonyl (C=O) groups is 1. The molecule has 0 spiro atoms. The monoisotopic (exact) mass is 196 g/mol. The number of β-amino-alcohol motifs (C(OH)–C–C–N with tert-alkyl or cyclic N) is 1. The number of aromatic nitrogens is 1. The van der Waals surface area contributed by atoms with Gasteiger partial charge >= 0.3 is 0 Å². The van der Waals surface area contributed by atoms with Gasteiger partial charge in [-0.25, -0.2) is 0 Å². The maximum Gasteiger partial charge on any atom is 0.292 e. The molecular formula is C9H12N2O3. The summed E-state index contributed by atoms with van der Waals surface area (Å²) < 4.78 is 4.73. The number of carbonyl (C=O) groups excluding carboxylic acids is 1. The largest absolute Gasteiger partial charge is 0.386 e. The topological polar surface area (TPSA) is 66.6 Å². The van der Waals surface area contributed by atoms with Gasteiger partial charge < -0.3 is 14.5 Å². The lowest BCUT2D eigenvalue weighted by Gasteiger charge is -2.45. The SMILES string of the molecule is CCC1(O)CN(C(=O)c2ccno2)C1. The molecule has 1 aliphatic rings. The molecule has 0 saturated carbocycles. The third-order valence-corrected chi connectivity index (χ3v) is 2.56. The number of aliphatic hydroxyl groups is 1. The molecule has 0 atom stereocenters. The molecule has 0 bridgehead atoms. The average Bonchev–Trinajstić information content (AvgIpc) is 2.64. The Labute approximate surface area is 81.3 Å². The van der Waals surface area contributed by atoms with Crippen molar-refractivity contribution in [1.29, 1.82) is 0 Å². The van der Waals surface area contributed by atoms with Gasteiger partial charge in [0, 0.05) is 6.07 Å². The van der Waals surface area contributed by atoms with Crippen LogP contribution in [-0.4, -0.2) is 39.8 Å². The molecular weight excluding hydrogens is 184 g/mol. The first-order valence-electron chi connectivity index (χ1n) is 4.57. The van der Waals surface area contributed by atoms with E-state index in [1.807, 2.05) is 6.92 Å². The smallest absolute Gasteiger partial charge is 0.292 e. The van der Waals surface area contributed by atoms with Gasteiger partial charge in [-0.1, -0.05) is 12.1 Å². The Balaban J connectivity index is 1.98. The van der Waals surface area contributed by atoms with E-state index >= 15 is 0 Å². The molecule has 76 valence electrons. The van der Waals surface area contributed by atoms with Crippen molar-refractivity contribution in [3.8, 4) is 0 Å². The molecule has 5 heteroatoms. The molecule has 0 unspecified atom stereocenters. The third-order valence-electron chi connectivity index (χ3n) is 2.56. The van der Waals surface area contributed by atoms with E-state index in [-0.39, 0.29) is 11.7 Å². The van der Waals surface area contributed by atoms with Crippen LogP contribution in [-0.2, 0) is 0 Å². The average molecular weight is 196 g/mol. The zero-order chi connectivity index (χ0) is 10.2. The van der Waals surface area contributed by atoms with E-state index in [4.69, 9.17) is 4.52 Å². The van der Waals surface area contributed by atoms with Crippen LogP contribution in [0.4, 0.5) is 0 Å². The van der Waals surface area contributed by atoms with Crippen molar-refractivity contribution in [2.75, 3.05) is 13.1 Å². The van der Waals surface area contributed by atoms with E-state index in [0.717, 1.165) is 0 Å². The molecule has 2 heterocycles. The fourth-order valence-electron chi connectivity index (χ4n) is 1.51. The van der Waals surface area contributed by atoms with Crippen molar-refractivity contribution in [3.63, 3.8) is 0 Å². The molecule has 1 aromatic heterocycles. The summed E-state index contributed by atoms with van der Waals surface area (Å²) in [5.74, 6) is 0.0174. The molecule has 1 aliphatic heterocycles. The molecule has 1 N–H and O–H groups in total. The van der Waals surface area contributed by atoms with E-state index in [0.29, 0.717) is 19.5 Å². The Bertz CT molecular complexity index is 328. The minimum atomic E-state index is -0.699. The van der Waals surface area contributed by atoms with Crippen molar-refractivity contribution in [3.05, 3.63) is 18.0 Å². The van der Waals surface area contributed by atoms with Crippen LogP contribution >= 0.6 is 0 Å². The van der Waals surface area contributed by atoms with Gasteiger partial charge in [-0.15, -0.1) is 0 Å². The first-order chi connectivity index (χ1) is 6.64. The van der Waals surface area contributed by atoms with Crippen LogP contribution in [0.3, 0.4) is 0 Å². The van der Waals surface area contributed by atoms with Crippen molar-refractivity contribution >= 4 is 5.91 Å². The second-order valence-corrected chi connectivity index (χ2v) is 3.62. The van der Waals surface area contributed by atoms with Crippen LogP contribution in [0.5, 0.6) is 0 Å². The van der Waals surface area contributed by atoms with Crippen molar-refractivity contribution in [2.24, 2.45) is 0 Å². The van der Waals surface area contributed by atoms with E-state index < -0.39 is 5.60 Å². The standard InChI is InChI=1S/C9H12N2O3/c1-2-9(13)5-11(6-9)8(12)7-3-4-10-14-7/h3-4,13H,2,5-6H2,1H3. The highest BCUT2D eigenvalue weighted by molar-refractivity contribution is 5.92. The van der Waals surface area contributed by atoms with E-state index in [2.05, 4.69) is 5.16 Å². The molecule has 1 saturated heterocycles. The summed E-state index contributed by atoms with van der Waals surface area (Å²) in [6.45, 7) is 2.66. The van der Waals surface area contributed by atoms with Crippen LogP contribution < -0.4 is 0 Å². The number of amides is 1. The summed E-state index contributed by atoms with van der Waals surface area (Å²) in [7, 11) is 0. The van der Waals surface area contributed by atoms with Gasteiger partial charge in [-0.2, -0.15) is 0 Å². The molecule has 0 radical (unpaired) electrons. The lowest BCUT2D eigenvalue weighted by Crippen LogP contribution is -2.63. The molecule has 0 aromatic carbocycles. The Morgan fingerprint density at radius 3 is 3.00 bits per heavy atom. The second kappa shape index (κ2) is 3.09. The zero-order valence-electron chi connectivity index (χ0n) is 7.93. The number of hydrogen-bond donors (Lipinski definition) is 1. The van der Waals surface area contributed by atoms with E-state index in [1.165, 1.54) is 12.3 Å². The lowest BCUT2D eigenvalue weighted by atomic mass is 9.91. The maximum atomic E-state index is 11.6. The fourth-order valence-corrected chi connectivity index (χ4v) is 1.51. The summed E-state index contributed by atoms with van der Waals surface area (Å²) >= 11 is 0. The molecule has 2 rings (SSSR count). The van der Waals surface area contributed by atoms with Crippen molar-refractivity contribution < 1.29 is 14.4 Å². The van der Waals surface area contributed by atoms with Crippen molar-refractivity contribution in [1.82, 2.24) is 10.1 Å². The first-order valence-corrected chi connectivity index (χ1v) is 4.57. The van der Waals surface area contributed by atoms with E-state index in [1.54, 1.807) is 4.90 Å². The quantitative estimate of drug-likeness (QED) is 0.737. The Morgan fingerprint density at radius 2 is 2.50 bits per heavy atom.